The van der Waals surface area contributed by atoms with Crippen molar-refractivity contribution in [3.8, 4) is 0 Å². The first kappa shape index (κ1) is 17.3. The van der Waals surface area contributed by atoms with Crippen LogP contribution in [0.2, 0.25) is 0 Å². The summed E-state index contributed by atoms with van der Waals surface area (Å²) < 4.78 is 5.05. The van der Waals surface area contributed by atoms with Gasteiger partial charge >= 0.3 is 6.09 Å². The molecule has 0 saturated carbocycles. The highest BCUT2D eigenvalue weighted by atomic mass is 16.6. The van der Waals surface area contributed by atoms with E-state index in [0.717, 1.165) is 5.56 Å². The van der Waals surface area contributed by atoms with Gasteiger partial charge in [-0.25, -0.2) is 4.79 Å². The molecule has 0 aliphatic rings. The molecule has 0 bridgehead atoms. The maximum Gasteiger partial charge on any atom is 0.407 e. The molecule has 5 N–H and O–H groups in total. The Hall–Kier alpha value is -1.79. The third-order valence-electron chi connectivity index (χ3n) is 2.87. The molecule has 118 valence electrons. The average Bonchev–Trinajstić information content (AvgIpc) is 2.33. The van der Waals surface area contributed by atoms with E-state index in [0.29, 0.717) is 11.3 Å². The number of aliphatic hydroxyl groups excluding tert-OH is 2. The number of nitrogen functional groups attached to an aromatic ring is 1. The van der Waals surface area contributed by atoms with Crippen molar-refractivity contribution in [1.29, 1.82) is 0 Å². The van der Waals surface area contributed by atoms with Crippen molar-refractivity contribution < 1.29 is 19.7 Å². The lowest BCUT2D eigenvalue weighted by molar-refractivity contribution is 0.0130. The lowest BCUT2D eigenvalue weighted by atomic mass is 9.97. The third-order valence-corrected chi connectivity index (χ3v) is 2.87. The van der Waals surface area contributed by atoms with Gasteiger partial charge in [0.25, 0.3) is 0 Å². The van der Waals surface area contributed by atoms with Crippen LogP contribution in [0.4, 0.5) is 10.5 Å². The first-order chi connectivity index (χ1) is 9.61. The molecule has 6 heteroatoms. The summed E-state index contributed by atoms with van der Waals surface area (Å²) in [6.45, 7) is 6.89. The number of amides is 1. The van der Waals surface area contributed by atoms with Gasteiger partial charge in [0.05, 0.1) is 0 Å². The number of benzene rings is 1. The second kappa shape index (κ2) is 6.78. The van der Waals surface area contributed by atoms with Crippen LogP contribution >= 0.6 is 0 Å². The number of aliphatic hydroxyl groups is 2. The van der Waals surface area contributed by atoms with Crippen molar-refractivity contribution in [3.63, 3.8) is 0 Å². The zero-order chi connectivity index (χ0) is 16.2. The minimum Gasteiger partial charge on any atom is -0.444 e. The number of carbonyl (C=O) groups excluding carboxylic acids is 1. The highest BCUT2D eigenvalue weighted by Gasteiger charge is 2.24. The van der Waals surface area contributed by atoms with Crippen LogP contribution < -0.4 is 11.1 Å². The van der Waals surface area contributed by atoms with Crippen LogP contribution in [0.15, 0.2) is 18.2 Å². The van der Waals surface area contributed by atoms with Crippen molar-refractivity contribution in [1.82, 2.24) is 5.32 Å². The molecule has 21 heavy (non-hydrogen) atoms. The summed E-state index contributed by atoms with van der Waals surface area (Å²) in [5.41, 5.74) is 6.85. The third kappa shape index (κ3) is 5.24. The van der Waals surface area contributed by atoms with Crippen molar-refractivity contribution in [3.05, 3.63) is 29.3 Å². The van der Waals surface area contributed by atoms with Crippen LogP contribution in [0.25, 0.3) is 0 Å². The van der Waals surface area contributed by atoms with Gasteiger partial charge in [-0.05, 0) is 39.3 Å². The molecule has 0 fully saturated rings. The van der Waals surface area contributed by atoms with E-state index < -0.39 is 23.9 Å². The SMILES string of the molecule is Cc1cccc(N)c1C(O)C(O)CNC(=O)OC(C)(C)C. The van der Waals surface area contributed by atoms with E-state index in [1.54, 1.807) is 45.9 Å². The number of hydrogen-bond donors (Lipinski definition) is 4. The second-order valence-corrected chi connectivity index (χ2v) is 5.97. The van der Waals surface area contributed by atoms with Gasteiger partial charge in [0.15, 0.2) is 0 Å². The van der Waals surface area contributed by atoms with Crippen molar-refractivity contribution in [2.45, 2.75) is 45.5 Å². The fourth-order valence-corrected chi connectivity index (χ4v) is 1.91. The van der Waals surface area contributed by atoms with Crippen molar-refractivity contribution >= 4 is 11.8 Å². The molecule has 0 aromatic heterocycles. The minimum absolute atomic E-state index is 0.135. The Morgan fingerprint density at radius 3 is 2.52 bits per heavy atom. The van der Waals surface area contributed by atoms with E-state index in [-0.39, 0.29) is 6.54 Å². The summed E-state index contributed by atoms with van der Waals surface area (Å²) in [5, 5.41) is 22.6. The normalized spacial score (nSPS) is 14.4. The highest BCUT2D eigenvalue weighted by molar-refractivity contribution is 5.67. The van der Waals surface area contributed by atoms with E-state index >= 15 is 0 Å². The minimum atomic E-state index is -1.18. The van der Waals surface area contributed by atoms with E-state index in [9.17, 15) is 15.0 Å². The molecule has 1 amide bonds. The van der Waals surface area contributed by atoms with Gasteiger partial charge in [0.2, 0.25) is 0 Å². The van der Waals surface area contributed by atoms with Crippen LogP contribution in [0.3, 0.4) is 0 Å². The Balaban J connectivity index is 2.63. The van der Waals surface area contributed by atoms with Crippen LogP contribution in [-0.2, 0) is 4.74 Å². The predicted octanol–water partition coefficient (Wildman–Crippen LogP) is 1.50. The molecule has 2 atom stereocenters. The zero-order valence-electron chi connectivity index (χ0n) is 12.9. The average molecular weight is 296 g/mol. The Morgan fingerprint density at radius 1 is 1.38 bits per heavy atom. The number of nitrogens with one attached hydrogen (secondary N) is 1. The maximum absolute atomic E-state index is 11.5. The topological polar surface area (TPSA) is 105 Å². The number of aryl methyl sites for hydroxylation is 1. The first-order valence-corrected chi connectivity index (χ1v) is 6.80. The Labute approximate surface area is 124 Å². The quantitative estimate of drug-likeness (QED) is 0.630. The van der Waals surface area contributed by atoms with E-state index in [4.69, 9.17) is 10.5 Å². The van der Waals surface area contributed by atoms with Gasteiger partial charge in [-0.1, -0.05) is 12.1 Å². The summed E-state index contributed by atoms with van der Waals surface area (Å²) in [7, 11) is 0. The molecule has 0 aliphatic heterocycles. The van der Waals surface area contributed by atoms with Crippen LogP contribution in [0, 0.1) is 6.92 Å². The number of nitrogens with two attached hydrogens (primary N) is 1. The van der Waals surface area contributed by atoms with Gasteiger partial charge < -0.3 is 26.0 Å². The summed E-state index contributed by atoms with van der Waals surface area (Å²) in [5.74, 6) is 0. The first-order valence-electron chi connectivity index (χ1n) is 6.80. The number of alkyl carbamates (subject to hydrolysis) is 1. The molecular weight excluding hydrogens is 272 g/mol. The number of hydrogen-bond acceptors (Lipinski definition) is 5. The predicted molar refractivity (Wildman–Crippen MR) is 80.8 cm³/mol. The van der Waals surface area contributed by atoms with Gasteiger partial charge in [-0.3, -0.25) is 0 Å². The van der Waals surface area contributed by atoms with E-state index in [1.165, 1.54) is 0 Å². The van der Waals surface area contributed by atoms with Crippen LogP contribution in [0.1, 0.15) is 38.0 Å². The van der Waals surface area contributed by atoms with E-state index in [1.807, 2.05) is 0 Å². The highest BCUT2D eigenvalue weighted by Crippen LogP contribution is 2.26. The van der Waals surface area contributed by atoms with Crippen LogP contribution in [0.5, 0.6) is 0 Å². The fourth-order valence-electron chi connectivity index (χ4n) is 1.91. The lowest BCUT2D eigenvalue weighted by Gasteiger charge is -2.23. The summed E-state index contributed by atoms with van der Waals surface area (Å²) in [4.78, 5) is 11.5. The molecule has 0 saturated heterocycles. The maximum atomic E-state index is 11.5. The fraction of sp³-hybridized carbons (Fsp3) is 0.533. The van der Waals surface area contributed by atoms with Gasteiger partial charge in [0, 0.05) is 17.8 Å². The standard InChI is InChI=1S/C15H24N2O4/c1-9-6-5-7-10(16)12(9)13(19)11(18)8-17-14(20)21-15(2,3)4/h5-7,11,13,18-19H,8,16H2,1-4H3,(H,17,20). The second-order valence-electron chi connectivity index (χ2n) is 5.97. The smallest absolute Gasteiger partial charge is 0.407 e. The molecular formula is C15H24N2O4. The van der Waals surface area contributed by atoms with Crippen molar-refractivity contribution in [2.24, 2.45) is 0 Å². The molecule has 0 spiro atoms. The van der Waals surface area contributed by atoms with Crippen molar-refractivity contribution in [2.75, 3.05) is 12.3 Å². The molecule has 0 radical (unpaired) electrons. The van der Waals surface area contributed by atoms with Gasteiger partial charge in [-0.15, -0.1) is 0 Å². The number of anilines is 1. The molecule has 1 aromatic carbocycles. The lowest BCUT2D eigenvalue weighted by Crippen LogP contribution is -2.39. The zero-order valence-corrected chi connectivity index (χ0v) is 12.9. The number of carbonyl (C=O) groups is 1. The molecule has 0 heterocycles. The molecule has 1 rings (SSSR count). The Morgan fingerprint density at radius 2 is 2.00 bits per heavy atom. The number of rotatable bonds is 4. The van der Waals surface area contributed by atoms with Gasteiger partial charge in [0.1, 0.15) is 17.8 Å². The molecule has 2 unspecified atom stereocenters. The van der Waals surface area contributed by atoms with Crippen LogP contribution in [-0.4, -0.2) is 34.6 Å². The van der Waals surface area contributed by atoms with E-state index in [2.05, 4.69) is 5.32 Å². The monoisotopic (exact) mass is 296 g/mol. The molecule has 1 aromatic rings. The number of ether oxygens (including phenoxy) is 1. The Bertz CT molecular complexity index is 477. The van der Waals surface area contributed by atoms with Gasteiger partial charge in [-0.2, -0.15) is 0 Å². The molecule has 6 nitrogen and oxygen atoms in total. The summed E-state index contributed by atoms with van der Waals surface area (Å²) >= 11 is 0. The molecule has 0 aliphatic carbocycles. The Kier molecular flexibility index (Phi) is 5.57. The summed E-state index contributed by atoms with van der Waals surface area (Å²) in [6.07, 6.45) is -3.01. The largest absolute Gasteiger partial charge is 0.444 e. The summed E-state index contributed by atoms with van der Waals surface area (Å²) in [6, 6.07) is 5.22.